The molecule has 1 aromatic rings. The molecule has 2 unspecified atom stereocenters. The van der Waals surface area contributed by atoms with Gasteiger partial charge >= 0.3 is 0 Å². The third-order valence-corrected chi connectivity index (χ3v) is 4.66. The second-order valence-corrected chi connectivity index (χ2v) is 6.71. The molecule has 0 bridgehead atoms. The van der Waals surface area contributed by atoms with Crippen molar-refractivity contribution < 1.29 is 18.8 Å². The maximum absolute atomic E-state index is 13.3. The highest BCUT2D eigenvalue weighted by atomic mass is 19.1. The van der Waals surface area contributed by atoms with Crippen LogP contribution in [-0.2, 0) is 14.4 Å². The molecule has 2 atom stereocenters. The van der Waals surface area contributed by atoms with Gasteiger partial charge in [0.15, 0.2) is 0 Å². The summed E-state index contributed by atoms with van der Waals surface area (Å²) in [6.45, 7) is 4.62. The second-order valence-electron chi connectivity index (χ2n) is 6.71. The number of oxime groups is 1. The number of likely N-dealkylation sites (N-methyl/N-ethyl adjacent to an activating group) is 1. The van der Waals surface area contributed by atoms with Gasteiger partial charge in [-0.25, -0.2) is 4.39 Å². The molecule has 0 spiro atoms. The standard InChI is InChI=1S/C18H23FN4O3/c1-12(18(25)23-8-6-22(2)7-9-23)20-17(24)16-11-15(21-26-16)13-4-3-5-14(19)10-13/h3-5,10,12,16H,6-9,11H2,1-2H3,(H,20,24). The van der Waals surface area contributed by atoms with E-state index in [0.29, 0.717) is 24.4 Å². The van der Waals surface area contributed by atoms with Gasteiger partial charge in [-0.3, -0.25) is 9.59 Å². The number of benzene rings is 1. The Morgan fingerprint density at radius 2 is 2.04 bits per heavy atom. The van der Waals surface area contributed by atoms with Gasteiger partial charge in [0.25, 0.3) is 5.91 Å². The Hall–Kier alpha value is -2.48. The van der Waals surface area contributed by atoms with Crippen molar-refractivity contribution in [3.05, 3.63) is 35.6 Å². The Kier molecular flexibility index (Phi) is 5.51. The van der Waals surface area contributed by atoms with Crippen LogP contribution in [0.3, 0.4) is 0 Å². The lowest BCUT2D eigenvalue weighted by atomic mass is 10.0. The number of carbonyl (C=O) groups excluding carboxylic acids is 2. The van der Waals surface area contributed by atoms with Crippen molar-refractivity contribution in [1.82, 2.24) is 15.1 Å². The van der Waals surface area contributed by atoms with Crippen molar-refractivity contribution in [1.29, 1.82) is 0 Å². The molecule has 1 saturated heterocycles. The second kappa shape index (κ2) is 7.82. The summed E-state index contributed by atoms with van der Waals surface area (Å²) in [5, 5.41) is 6.59. The van der Waals surface area contributed by atoms with Gasteiger partial charge in [-0.1, -0.05) is 17.3 Å². The lowest BCUT2D eigenvalue weighted by Crippen LogP contribution is -2.54. The zero-order valence-corrected chi connectivity index (χ0v) is 14.9. The van der Waals surface area contributed by atoms with Crippen LogP contribution in [0.4, 0.5) is 4.39 Å². The molecule has 140 valence electrons. The lowest BCUT2D eigenvalue weighted by molar-refractivity contribution is -0.140. The smallest absolute Gasteiger partial charge is 0.264 e. The zero-order chi connectivity index (χ0) is 18.7. The third kappa shape index (κ3) is 4.19. The lowest BCUT2D eigenvalue weighted by Gasteiger charge is -2.34. The average Bonchev–Trinajstić information content (AvgIpc) is 3.12. The number of nitrogens with one attached hydrogen (secondary N) is 1. The molecule has 7 nitrogen and oxygen atoms in total. The number of hydrogen-bond donors (Lipinski definition) is 1. The first kappa shape index (κ1) is 18.3. The van der Waals surface area contributed by atoms with Crippen LogP contribution in [0, 0.1) is 5.82 Å². The van der Waals surface area contributed by atoms with Crippen LogP contribution in [0.1, 0.15) is 18.9 Å². The zero-order valence-electron chi connectivity index (χ0n) is 14.9. The molecular weight excluding hydrogens is 339 g/mol. The maximum atomic E-state index is 13.3. The first-order valence-electron chi connectivity index (χ1n) is 8.70. The summed E-state index contributed by atoms with van der Waals surface area (Å²) in [6, 6.07) is 5.35. The predicted octanol–water partition coefficient (Wildman–Crippen LogP) is 0.597. The highest BCUT2D eigenvalue weighted by Crippen LogP contribution is 2.18. The summed E-state index contributed by atoms with van der Waals surface area (Å²) in [6.07, 6.45) is -0.568. The van der Waals surface area contributed by atoms with Crippen LogP contribution >= 0.6 is 0 Å². The monoisotopic (exact) mass is 362 g/mol. The maximum Gasteiger partial charge on any atom is 0.264 e. The molecule has 3 rings (SSSR count). The molecule has 2 aliphatic heterocycles. The largest absolute Gasteiger partial charge is 0.382 e. The van der Waals surface area contributed by atoms with E-state index in [1.807, 2.05) is 7.05 Å². The van der Waals surface area contributed by atoms with Crippen molar-refractivity contribution >= 4 is 17.5 Å². The number of amides is 2. The highest BCUT2D eigenvalue weighted by molar-refractivity contribution is 6.04. The van der Waals surface area contributed by atoms with E-state index in [0.717, 1.165) is 13.1 Å². The number of rotatable bonds is 4. The third-order valence-electron chi connectivity index (χ3n) is 4.66. The minimum absolute atomic E-state index is 0.101. The van der Waals surface area contributed by atoms with E-state index in [-0.39, 0.29) is 18.1 Å². The van der Waals surface area contributed by atoms with Crippen LogP contribution in [0.5, 0.6) is 0 Å². The topological polar surface area (TPSA) is 74.2 Å². The van der Waals surface area contributed by atoms with Crippen LogP contribution in [0.25, 0.3) is 0 Å². The molecule has 2 amide bonds. The van der Waals surface area contributed by atoms with Crippen molar-refractivity contribution in [2.75, 3.05) is 33.2 Å². The summed E-state index contributed by atoms with van der Waals surface area (Å²) in [5.41, 5.74) is 1.10. The Balaban J connectivity index is 1.52. The first-order valence-corrected chi connectivity index (χ1v) is 8.70. The number of piperazine rings is 1. The van der Waals surface area contributed by atoms with Crippen LogP contribution in [-0.4, -0.2) is 72.7 Å². The molecule has 1 aromatic carbocycles. The molecule has 0 saturated carbocycles. The van der Waals surface area contributed by atoms with Crippen molar-refractivity contribution in [3.63, 3.8) is 0 Å². The molecule has 1 N–H and O–H groups in total. The van der Waals surface area contributed by atoms with Crippen molar-refractivity contribution in [2.24, 2.45) is 5.16 Å². The van der Waals surface area contributed by atoms with E-state index < -0.39 is 18.1 Å². The summed E-state index contributed by atoms with van der Waals surface area (Å²) in [4.78, 5) is 33.9. The van der Waals surface area contributed by atoms with E-state index in [9.17, 15) is 14.0 Å². The predicted molar refractivity (Wildman–Crippen MR) is 94.1 cm³/mol. The minimum atomic E-state index is -0.809. The van der Waals surface area contributed by atoms with Gasteiger partial charge in [0.05, 0.1) is 5.71 Å². The Morgan fingerprint density at radius 1 is 1.31 bits per heavy atom. The van der Waals surface area contributed by atoms with Gasteiger partial charge < -0.3 is 20.0 Å². The summed E-state index contributed by atoms with van der Waals surface area (Å²) in [7, 11) is 2.01. The quantitative estimate of drug-likeness (QED) is 0.851. The van der Waals surface area contributed by atoms with Gasteiger partial charge in [0.2, 0.25) is 12.0 Å². The molecule has 26 heavy (non-hydrogen) atoms. The van der Waals surface area contributed by atoms with E-state index in [2.05, 4.69) is 15.4 Å². The van der Waals surface area contributed by atoms with E-state index in [4.69, 9.17) is 4.84 Å². The number of nitrogens with zero attached hydrogens (tertiary/aromatic N) is 3. The molecule has 1 fully saturated rings. The van der Waals surface area contributed by atoms with Crippen LogP contribution < -0.4 is 5.32 Å². The normalized spacial score (nSPS) is 21.7. The highest BCUT2D eigenvalue weighted by Gasteiger charge is 2.32. The fourth-order valence-corrected chi connectivity index (χ4v) is 3.03. The van der Waals surface area contributed by atoms with Crippen molar-refractivity contribution in [3.8, 4) is 0 Å². The molecule has 0 radical (unpaired) electrons. The SMILES string of the molecule is CC(NC(=O)C1CC(c2cccc(F)c2)=NO1)C(=O)N1CCN(C)CC1. The Labute approximate surface area is 151 Å². The van der Waals surface area contributed by atoms with Crippen LogP contribution in [0.2, 0.25) is 0 Å². The Morgan fingerprint density at radius 3 is 2.73 bits per heavy atom. The molecule has 8 heteroatoms. The Bertz CT molecular complexity index is 716. The summed E-state index contributed by atoms with van der Waals surface area (Å²) >= 11 is 0. The fraction of sp³-hybridized carbons (Fsp3) is 0.500. The fourth-order valence-electron chi connectivity index (χ4n) is 3.03. The molecule has 2 heterocycles. The van der Waals surface area contributed by atoms with E-state index >= 15 is 0 Å². The van der Waals surface area contributed by atoms with Crippen molar-refractivity contribution in [2.45, 2.75) is 25.5 Å². The molecule has 0 aliphatic carbocycles. The molecule has 0 aromatic heterocycles. The first-order chi connectivity index (χ1) is 12.4. The molecular formula is C18H23FN4O3. The van der Waals surface area contributed by atoms with Gasteiger partial charge in [-0.05, 0) is 26.1 Å². The number of carbonyl (C=O) groups is 2. The van der Waals surface area contributed by atoms with Gasteiger partial charge in [-0.15, -0.1) is 0 Å². The van der Waals surface area contributed by atoms with E-state index in [1.165, 1.54) is 12.1 Å². The average molecular weight is 362 g/mol. The number of hydrogen-bond acceptors (Lipinski definition) is 5. The summed E-state index contributed by atoms with van der Waals surface area (Å²) < 4.78 is 13.3. The molecule has 2 aliphatic rings. The van der Waals surface area contributed by atoms with E-state index in [1.54, 1.807) is 24.0 Å². The minimum Gasteiger partial charge on any atom is -0.382 e. The number of halogens is 1. The summed E-state index contributed by atoms with van der Waals surface area (Å²) in [5.74, 6) is -0.865. The van der Waals surface area contributed by atoms with Gasteiger partial charge in [0.1, 0.15) is 11.9 Å². The van der Waals surface area contributed by atoms with Gasteiger partial charge in [0, 0.05) is 38.2 Å². The van der Waals surface area contributed by atoms with Crippen LogP contribution in [0.15, 0.2) is 29.4 Å². The van der Waals surface area contributed by atoms with Gasteiger partial charge in [-0.2, -0.15) is 0 Å².